The Hall–Kier alpha value is -2.29. The number of hydrogen-bond donors (Lipinski definition) is 2. The van der Waals surface area contributed by atoms with Crippen molar-refractivity contribution in [3.05, 3.63) is 59.7 Å². The molecule has 0 bridgehead atoms. The smallest absolute Gasteiger partial charge is 0.246 e. The third-order valence-electron chi connectivity index (χ3n) is 4.02. The van der Waals surface area contributed by atoms with E-state index in [1.54, 1.807) is 0 Å². The third kappa shape index (κ3) is 2.92. The van der Waals surface area contributed by atoms with Crippen LogP contribution in [-0.4, -0.2) is 11.9 Å². The standard InChI is InChI=1S/C18H20N2O/c1-2-13-7-3-5-9-15(13)20-18(21)17-12-11-14-8-4-6-10-16(14)19-17/h3-10,17,19H,2,11-12H2,1H3,(H,20,21). The lowest BCUT2D eigenvalue weighted by Gasteiger charge is -2.26. The maximum absolute atomic E-state index is 12.5. The minimum absolute atomic E-state index is 0.0467. The Kier molecular flexibility index (Phi) is 3.91. The lowest BCUT2D eigenvalue weighted by molar-refractivity contribution is -0.117. The number of carbonyl (C=O) groups excluding carboxylic acids is 1. The summed E-state index contributed by atoms with van der Waals surface area (Å²) in [5, 5.41) is 6.40. The van der Waals surface area contributed by atoms with Crippen LogP contribution < -0.4 is 10.6 Å². The van der Waals surface area contributed by atoms with Gasteiger partial charge in [0.2, 0.25) is 5.91 Å². The molecule has 1 amide bonds. The number of carbonyl (C=O) groups is 1. The number of rotatable bonds is 3. The zero-order valence-corrected chi connectivity index (χ0v) is 12.2. The number of amides is 1. The predicted molar refractivity (Wildman–Crippen MR) is 86.6 cm³/mol. The normalized spacial score (nSPS) is 16.7. The summed E-state index contributed by atoms with van der Waals surface area (Å²) in [6.07, 6.45) is 2.69. The van der Waals surface area contributed by atoms with Gasteiger partial charge in [0, 0.05) is 11.4 Å². The Morgan fingerprint density at radius 2 is 1.95 bits per heavy atom. The summed E-state index contributed by atoms with van der Waals surface area (Å²) in [7, 11) is 0. The van der Waals surface area contributed by atoms with Gasteiger partial charge in [-0.3, -0.25) is 4.79 Å². The van der Waals surface area contributed by atoms with E-state index in [2.05, 4.69) is 29.7 Å². The van der Waals surface area contributed by atoms with Gasteiger partial charge in [0.05, 0.1) is 0 Å². The number of nitrogens with one attached hydrogen (secondary N) is 2. The van der Waals surface area contributed by atoms with Gasteiger partial charge in [0.1, 0.15) is 6.04 Å². The Morgan fingerprint density at radius 1 is 1.19 bits per heavy atom. The first-order valence-corrected chi connectivity index (χ1v) is 7.51. The van der Waals surface area contributed by atoms with Crippen molar-refractivity contribution in [1.82, 2.24) is 0 Å². The number of benzene rings is 2. The average molecular weight is 280 g/mol. The van der Waals surface area contributed by atoms with Gasteiger partial charge in [-0.2, -0.15) is 0 Å². The monoisotopic (exact) mass is 280 g/mol. The molecule has 1 aliphatic heterocycles. The molecule has 0 aromatic heterocycles. The van der Waals surface area contributed by atoms with Gasteiger partial charge in [0.25, 0.3) is 0 Å². The highest BCUT2D eigenvalue weighted by Crippen LogP contribution is 2.25. The van der Waals surface area contributed by atoms with Crippen LogP contribution in [0.4, 0.5) is 11.4 Å². The summed E-state index contributed by atoms with van der Waals surface area (Å²) in [6.45, 7) is 2.10. The van der Waals surface area contributed by atoms with Crippen LogP contribution in [0.3, 0.4) is 0 Å². The zero-order chi connectivity index (χ0) is 14.7. The quantitative estimate of drug-likeness (QED) is 0.901. The van der Waals surface area contributed by atoms with Crippen molar-refractivity contribution in [2.45, 2.75) is 32.2 Å². The second kappa shape index (κ2) is 6.00. The molecule has 1 heterocycles. The van der Waals surface area contributed by atoms with E-state index in [9.17, 15) is 4.79 Å². The minimum atomic E-state index is -0.162. The van der Waals surface area contributed by atoms with Crippen LogP contribution in [0.5, 0.6) is 0 Å². The maximum Gasteiger partial charge on any atom is 0.246 e. The molecule has 1 unspecified atom stereocenters. The van der Waals surface area contributed by atoms with Crippen LogP contribution in [-0.2, 0) is 17.6 Å². The number of fused-ring (bicyclic) bond motifs is 1. The van der Waals surface area contributed by atoms with Gasteiger partial charge in [-0.1, -0.05) is 43.3 Å². The number of para-hydroxylation sites is 2. The first-order chi connectivity index (χ1) is 10.3. The van der Waals surface area contributed by atoms with Crippen molar-refractivity contribution in [3.63, 3.8) is 0 Å². The van der Waals surface area contributed by atoms with Gasteiger partial charge < -0.3 is 10.6 Å². The van der Waals surface area contributed by atoms with Crippen molar-refractivity contribution >= 4 is 17.3 Å². The summed E-state index contributed by atoms with van der Waals surface area (Å²) in [4.78, 5) is 12.5. The molecular weight excluding hydrogens is 260 g/mol. The van der Waals surface area contributed by atoms with E-state index in [-0.39, 0.29) is 11.9 Å². The fraction of sp³-hybridized carbons (Fsp3) is 0.278. The molecule has 108 valence electrons. The summed E-state index contributed by atoms with van der Waals surface area (Å²) in [6, 6.07) is 16.0. The van der Waals surface area contributed by atoms with Crippen LogP contribution in [0.25, 0.3) is 0 Å². The van der Waals surface area contributed by atoms with E-state index in [0.29, 0.717) is 0 Å². The lowest BCUT2D eigenvalue weighted by Crippen LogP contribution is -2.37. The second-order valence-corrected chi connectivity index (χ2v) is 5.39. The molecular formula is C18H20N2O. The van der Waals surface area contributed by atoms with Crippen molar-refractivity contribution in [1.29, 1.82) is 0 Å². The molecule has 0 saturated carbocycles. The van der Waals surface area contributed by atoms with E-state index < -0.39 is 0 Å². The first-order valence-electron chi connectivity index (χ1n) is 7.51. The SMILES string of the molecule is CCc1ccccc1NC(=O)C1CCc2ccccc2N1. The summed E-state index contributed by atoms with van der Waals surface area (Å²) in [5.74, 6) is 0.0467. The minimum Gasteiger partial charge on any atom is -0.373 e. The van der Waals surface area contributed by atoms with Crippen LogP contribution >= 0.6 is 0 Å². The summed E-state index contributed by atoms with van der Waals surface area (Å²) in [5.41, 5.74) is 4.45. The van der Waals surface area contributed by atoms with Crippen molar-refractivity contribution in [2.24, 2.45) is 0 Å². The van der Waals surface area contributed by atoms with Gasteiger partial charge in [0.15, 0.2) is 0 Å². The van der Waals surface area contributed by atoms with Crippen LogP contribution in [0.2, 0.25) is 0 Å². The van der Waals surface area contributed by atoms with Crippen LogP contribution in [0.1, 0.15) is 24.5 Å². The van der Waals surface area contributed by atoms with E-state index in [4.69, 9.17) is 0 Å². The Balaban J connectivity index is 1.72. The molecule has 3 rings (SSSR count). The van der Waals surface area contributed by atoms with Crippen LogP contribution in [0, 0.1) is 0 Å². The molecule has 1 atom stereocenters. The topological polar surface area (TPSA) is 41.1 Å². The van der Waals surface area contributed by atoms with Crippen molar-refractivity contribution < 1.29 is 4.79 Å². The first kappa shape index (κ1) is 13.7. The number of hydrogen-bond acceptors (Lipinski definition) is 2. The second-order valence-electron chi connectivity index (χ2n) is 5.39. The maximum atomic E-state index is 12.5. The zero-order valence-electron chi connectivity index (χ0n) is 12.2. The highest BCUT2D eigenvalue weighted by atomic mass is 16.2. The molecule has 2 aromatic rings. The van der Waals surface area contributed by atoms with E-state index >= 15 is 0 Å². The Labute approximate surface area is 125 Å². The molecule has 3 nitrogen and oxygen atoms in total. The number of aryl methyl sites for hydroxylation is 2. The summed E-state index contributed by atoms with van der Waals surface area (Å²) < 4.78 is 0. The lowest BCUT2D eigenvalue weighted by atomic mass is 9.97. The highest BCUT2D eigenvalue weighted by Gasteiger charge is 2.23. The summed E-state index contributed by atoms with van der Waals surface area (Å²) >= 11 is 0. The van der Waals surface area contributed by atoms with Crippen LogP contribution in [0.15, 0.2) is 48.5 Å². The van der Waals surface area contributed by atoms with Gasteiger partial charge in [-0.05, 0) is 42.5 Å². The average Bonchev–Trinajstić information content (AvgIpc) is 2.55. The van der Waals surface area contributed by atoms with Crippen molar-refractivity contribution in [3.8, 4) is 0 Å². The molecule has 21 heavy (non-hydrogen) atoms. The number of anilines is 2. The molecule has 3 heteroatoms. The highest BCUT2D eigenvalue weighted by molar-refractivity contribution is 5.97. The molecule has 2 N–H and O–H groups in total. The predicted octanol–water partition coefficient (Wildman–Crippen LogP) is 3.61. The Bertz CT molecular complexity index is 651. The molecule has 0 radical (unpaired) electrons. The third-order valence-corrected chi connectivity index (χ3v) is 4.02. The largest absolute Gasteiger partial charge is 0.373 e. The molecule has 0 spiro atoms. The van der Waals surface area contributed by atoms with Gasteiger partial charge >= 0.3 is 0 Å². The fourth-order valence-electron chi connectivity index (χ4n) is 2.81. The van der Waals surface area contributed by atoms with Gasteiger partial charge in [-0.25, -0.2) is 0 Å². The molecule has 2 aromatic carbocycles. The van der Waals surface area contributed by atoms with Crippen molar-refractivity contribution in [2.75, 3.05) is 10.6 Å². The van der Waals surface area contributed by atoms with Gasteiger partial charge in [-0.15, -0.1) is 0 Å². The molecule has 0 saturated heterocycles. The Morgan fingerprint density at radius 3 is 2.81 bits per heavy atom. The van der Waals surface area contributed by atoms with E-state index in [0.717, 1.165) is 30.6 Å². The molecule has 0 fully saturated rings. The fourth-order valence-corrected chi connectivity index (χ4v) is 2.81. The molecule has 1 aliphatic rings. The van der Waals surface area contributed by atoms with E-state index in [1.807, 2.05) is 36.4 Å². The van der Waals surface area contributed by atoms with E-state index in [1.165, 1.54) is 11.1 Å². The molecule has 0 aliphatic carbocycles.